The number of ether oxygens (including phenoxy) is 1. The first-order chi connectivity index (χ1) is 11.2. The van der Waals surface area contributed by atoms with Gasteiger partial charge in [0.2, 0.25) is 0 Å². The summed E-state index contributed by atoms with van der Waals surface area (Å²) in [5.74, 6) is 2.27. The molecule has 0 radical (unpaired) electrons. The maximum atomic E-state index is 10.5. The zero-order chi connectivity index (χ0) is 16.1. The first-order valence-electron chi connectivity index (χ1n) is 9.38. The summed E-state index contributed by atoms with van der Waals surface area (Å²) in [4.78, 5) is 10.5. The van der Waals surface area contributed by atoms with E-state index in [1.807, 2.05) is 0 Å². The zero-order valence-electron chi connectivity index (χ0n) is 14.0. The second-order valence-electron chi connectivity index (χ2n) is 7.40. The molecule has 0 aromatic heterocycles. The normalized spacial score (nSPS) is 33.9. The number of allylic oxidation sites excluding steroid dienone is 2. The number of carboxylic acids is 1. The summed E-state index contributed by atoms with van der Waals surface area (Å²) in [5, 5.41) is 9.35. The van der Waals surface area contributed by atoms with Gasteiger partial charge < -0.3 is 9.84 Å². The van der Waals surface area contributed by atoms with Crippen LogP contribution in [0.15, 0.2) is 12.2 Å². The minimum absolute atomic E-state index is 0.279. The van der Waals surface area contributed by atoms with Gasteiger partial charge in [0.05, 0.1) is 12.2 Å². The minimum Gasteiger partial charge on any atom is -0.481 e. The largest absolute Gasteiger partial charge is 0.481 e. The van der Waals surface area contributed by atoms with Crippen molar-refractivity contribution in [3.05, 3.63) is 12.2 Å². The highest BCUT2D eigenvalue weighted by atomic mass is 32.2. The molecule has 0 amide bonds. The highest BCUT2D eigenvalue weighted by Gasteiger charge is 2.48. The van der Waals surface area contributed by atoms with Crippen LogP contribution >= 0.6 is 11.8 Å². The number of thioether (sulfide) groups is 1. The third-order valence-electron chi connectivity index (χ3n) is 5.69. The summed E-state index contributed by atoms with van der Waals surface area (Å²) < 4.78 is 6.19. The van der Waals surface area contributed by atoms with Crippen molar-refractivity contribution < 1.29 is 14.6 Å². The third kappa shape index (κ3) is 4.76. The molecule has 0 unspecified atom stereocenters. The van der Waals surface area contributed by atoms with Crippen LogP contribution in [0.5, 0.6) is 0 Å². The molecule has 2 heterocycles. The first-order valence-corrected chi connectivity index (χ1v) is 10.4. The Hall–Kier alpha value is -0.480. The molecule has 0 aromatic carbocycles. The fourth-order valence-electron chi connectivity index (χ4n) is 4.42. The lowest BCUT2D eigenvalue weighted by molar-refractivity contribution is -0.137. The van der Waals surface area contributed by atoms with Gasteiger partial charge in [0.25, 0.3) is 0 Å². The van der Waals surface area contributed by atoms with E-state index in [0.29, 0.717) is 23.4 Å². The van der Waals surface area contributed by atoms with Crippen molar-refractivity contribution in [2.24, 2.45) is 11.8 Å². The highest BCUT2D eigenvalue weighted by molar-refractivity contribution is 8.00. The third-order valence-corrected chi connectivity index (χ3v) is 7.39. The van der Waals surface area contributed by atoms with Crippen LogP contribution < -0.4 is 0 Å². The number of fused-ring (bicyclic) bond motifs is 2. The SMILES string of the molecule is O=C(O)CCCC=CC[C@@H]1[C@H](SCC2CCCC2)[C@@H]2CC[C@H]1O2. The van der Waals surface area contributed by atoms with Gasteiger partial charge in [0, 0.05) is 17.6 Å². The van der Waals surface area contributed by atoms with E-state index < -0.39 is 5.97 Å². The smallest absolute Gasteiger partial charge is 0.303 e. The number of carbonyl (C=O) groups is 1. The van der Waals surface area contributed by atoms with E-state index in [1.54, 1.807) is 0 Å². The summed E-state index contributed by atoms with van der Waals surface area (Å²) in [7, 11) is 0. The van der Waals surface area contributed by atoms with Crippen LogP contribution in [0.2, 0.25) is 0 Å². The van der Waals surface area contributed by atoms with E-state index in [-0.39, 0.29) is 6.42 Å². The lowest BCUT2D eigenvalue weighted by atomic mass is 9.86. The lowest BCUT2D eigenvalue weighted by Crippen LogP contribution is -2.30. The first kappa shape index (κ1) is 17.3. The van der Waals surface area contributed by atoms with Gasteiger partial charge in [-0.15, -0.1) is 0 Å². The molecule has 4 heteroatoms. The molecule has 1 saturated carbocycles. The van der Waals surface area contributed by atoms with Crippen LogP contribution in [0.4, 0.5) is 0 Å². The molecule has 2 aliphatic heterocycles. The summed E-state index contributed by atoms with van der Waals surface area (Å²) in [5.41, 5.74) is 0. The molecule has 23 heavy (non-hydrogen) atoms. The molecule has 130 valence electrons. The summed E-state index contributed by atoms with van der Waals surface area (Å²) >= 11 is 2.19. The monoisotopic (exact) mass is 338 g/mol. The van der Waals surface area contributed by atoms with Crippen LogP contribution in [0.1, 0.15) is 64.2 Å². The van der Waals surface area contributed by atoms with Gasteiger partial charge in [-0.25, -0.2) is 0 Å². The molecular weight excluding hydrogens is 308 g/mol. The van der Waals surface area contributed by atoms with E-state index >= 15 is 0 Å². The molecule has 0 spiro atoms. The number of unbranched alkanes of at least 4 members (excludes halogenated alkanes) is 1. The van der Waals surface area contributed by atoms with E-state index in [2.05, 4.69) is 23.9 Å². The summed E-state index contributed by atoms with van der Waals surface area (Å²) in [6.45, 7) is 0. The maximum absolute atomic E-state index is 10.5. The van der Waals surface area contributed by atoms with Crippen molar-refractivity contribution in [1.82, 2.24) is 0 Å². The van der Waals surface area contributed by atoms with E-state index in [4.69, 9.17) is 9.84 Å². The van der Waals surface area contributed by atoms with Gasteiger partial charge in [-0.05, 0) is 56.6 Å². The minimum atomic E-state index is -0.691. The van der Waals surface area contributed by atoms with Gasteiger partial charge in [-0.3, -0.25) is 4.79 Å². The Balaban J connectivity index is 1.42. The quantitative estimate of drug-likeness (QED) is 0.491. The van der Waals surface area contributed by atoms with Crippen molar-refractivity contribution in [2.45, 2.75) is 81.7 Å². The molecule has 4 atom stereocenters. The topological polar surface area (TPSA) is 46.5 Å². The Morgan fingerprint density at radius 1 is 1.13 bits per heavy atom. The summed E-state index contributed by atoms with van der Waals surface area (Å²) in [6.07, 6.45) is 16.7. The molecule has 1 N–H and O–H groups in total. The Morgan fingerprint density at radius 3 is 2.70 bits per heavy atom. The van der Waals surface area contributed by atoms with Crippen LogP contribution in [-0.4, -0.2) is 34.3 Å². The predicted molar refractivity (Wildman–Crippen MR) is 94.8 cm³/mol. The lowest BCUT2D eigenvalue weighted by Gasteiger charge is -2.27. The standard InChI is InChI=1S/C19H30O3S/c20-18(21)10-4-2-1-3-9-15-16-11-12-17(22-16)19(15)23-13-14-7-5-6-8-14/h1,3,14-17,19H,2,4-13H2,(H,20,21)/t15-,16+,17-,19-/m0/s1. The van der Waals surface area contributed by atoms with Gasteiger partial charge in [0.15, 0.2) is 0 Å². The van der Waals surface area contributed by atoms with Gasteiger partial charge in [0.1, 0.15) is 0 Å². The maximum Gasteiger partial charge on any atom is 0.303 e. The van der Waals surface area contributed by atoms with E-state index in [1.165, 1.54) is 44.3 Å². The van der Waals surface area contributed by atoms with Crippen molar-refractivity contribution >= 4 is 17.7 Å². The Kier molecular flexibility index (Phi) is 6.46. The summed E-state index contributed by atoms with van der Waals surface area (Å²) in [6, 6.07) is 0. The van der Waals surface area contributed by atoms with Crippen molar-refractivity contribution in [3.63, 3.8) is 0 Å². The zero-order valence-corrected chi connectivity index (χ0v) is 14.8. The number of rotatable bonds is 9. The number of carboxylic acid groups (broad SMARTS) is 1. The molecule has 3 nitrogen and oxygen atoms in total. The number of aliphatic carboxylic acids is 1. The average Bonchev–Trinajstić information content (AvgIpc) is 3.25. The second kappa shape index (κ2) is 8.57. The predicted octanol–water partition coefficient (Wildman–Crippen LogP) is 4.66. The molecule has 2 bridgehead atoms. The second-order valence-corrected chi connectivity index (χ2v) is 8.61. The Morgan fingerprint density at radius 2 is 1.91 bits per heavy atom. The van der Waals surface area contributed by atoms with Crippen molar-refractivity contribution in [2.75, 3.05) is 5.75 Å². The molecule has 3 rings (SSSR count). The molecule has 0 aromatic rings. The van der Waals surface area contributed by atoms with Crippen molar-refractivity contribution in [3.8, 4) is 0 Å². The fraction of sp³-hybridized carbons (Fsp3) is 0.842. The number of hydrogen-bond donors (Lipinski definition) is 1. The fourth-order valence-corrected chi connectivity index (χ4v) is 6.19. The highest BCUT2D eigenvalue weighted by Crippen LogP contribution is 2.47. The van der Waals surface area contributed by atoms with Crippen molar-refractivity contribution in [1.29, 1.82) is 0 Å². The van der Waals surface area contributed by atoms with Gasteiger partial charge >= 0.3 is 5.97 Å². The van der Waals surface area contributed by atoms with Gasteiger partial charge in [-0.1, -0.05) is 25.0 Å². The molecule has 3 fully saturated rings. The Bertz CT molecular complexity index is 417. The molecule has 2 saturated heterocycles. The molecule has 1 aliphatic carbocycles. The van der Waals surface area contributed by atoms with E-state index in [9.17, 15) is 4.79 Å². The van der Waals surface area contributed by atoms with E-state index in [0.717, 1.165) is 25.2 Å². The molecular formula is C19H30O3S. The van der Waals surface area contributed by atoms with Gasteiger partial charge in [-0.2, -0.15) is 11.8 Å². The average molecular weight is 339 g/mol. The van der Waals surface area contributed by atoms with Crippen LogP contribution in [-0.2, 0) is 9.53 Å². The van der Waals surface area contributed by atoms with Crippen LogP contribution in [0.3, 0.4) is 0 Å². The van der Waals surface area contributed by atoms with Crippen LogP contribution in [0, 0.1) is 11.8 Å². The Labute approximate surface area is 144 Å². The van der Waals surface area contributed by atoms with Crippen LogP contribution in [0.25, 0.3) is 0 Å². The number of hydrogen-bond acceptors (Lipinski definition) is 3. The molecule has 3 aliphatic rings.